The van der Waals surface area contributed by atoms with E-state index in [9.17, 15) is 17.2 Å². The number of hydrogen-bond acceptors (Lipinski definition) is 9. The Morgan fingerprint density at radius 1 is 1.04 bits per heavy atom. The van der Waals surface area contributed by atoms with E-state index < -0.39 is 26.6 Å². The van der Waals surface area contributed by atoms with Gasteiger partial charge in [-0.25, -0.2) is 17.2 Å². The van der Waals surface area contributed by atoms with Gasteiger partial charge in [-0.15, -0.1) is 10.2 Å². The number of anilines is 1. The molecule has 0 spiro atoms. The lowest BCUT2D eigenvalue weighted by Crippen LogP contribution is -2.58. The molecule has 0 radical (unpaired) electrons. The Balaban J connectivity index is 1.29. The molecule has 0 aliphatic carbocycles. The van der Waals surface area contributed by atoms with Crippen molar-refractivity contribution >= 4 is 26.6 Å². The number of rotatable bonds is 8. The van der Waals surface area contributed by atoms with Crippen LogP contribution in [0.15, 0.2) is 58.1 Å². The molecule has 3 aromatic heterocycles. The van der Waals surface area contributed by atoms with Crippen molar-refractivity contribution in [1.29, 1.82) is 0 Å². The van der Waals surface area contributed by atoms with E-state index in [4.69, 9.17) is 4.42 Å². The Kier molecular flexibility index (Phi) is 8.14. The van der Waals surface area contributed by atoms with Gasteiger partial charge in [0.2, 0.25) is 11.8 Å². The lowest BCUT2D eigenvalue weighted by atomic mass is 10.0. The molecule has 5 aromatic rings. The highest BCUT2D eigenvalue weighted by Crippen LogP contribution is 2.34. The molecule has 45 heavy (non-hydrogen) atoms. The van der Waals surface area contributed by atoms with Gasteiger partial charge in [0, 0.05) is 54.4 Å². The molecule has 11 nitrogen and oxygen atoms in total. The van der Waals surface area contributed by atoms with Crippen molar-refractivity contribution in [2.75, 3.05) is 17.8 Å². The van der Waals surface area contributed by atoms with Gasteiger partial charge in [-0.3, -0.25) is 24.6 Å². The number of benzene rings is 2. The third-order valence-electron chi connectivity index (χ3n) is 8.12. The quantitative estimate of drug-likeness (QED) is 0.231. The van der Waals surface area contributed by atoms with E-state index in [0.717, 1.165) is 30.6 Å². The Morgan fingerprint density at radius 3 is 2.51 bits per heavy atom. The summed E-state index contributed by atoms with van der Waals surface area (Å²) in [4.78, 5) is 8.55. The van der Waals surface area contributed by atoms with E-state index in [1.165, 1.54) is 0 Å². The predicted octanol–water partition coefficient (Wildman–Crippen LogP) is 5.37. The minimum absolute atomic E-state index is 0.142. The van der Waals surface area contributed by atoms with Gasteiger partial charge in [-0.05, 0) is 70.5 Å². The fourth-order valence-electron chi connectivity index (χ4n) is 6.29. The number of nitrogens with one attached hydrogen (secondary N) is 2. The van der Waals surface area contributed by atoms with Crippen LogP contribution < -0.4 is 4.72 Å². The third kappa shape index (κ3) is 6.17. The number of piperazine rings is 1. The summed E-state index contributed by atoms with van der Waals surface area (Å²) in [6.45, 7) is 12.8. The van der Waals surface area contributed by atoms with Crippen molar-refractivity contribution in [2.45, 2.75) is 64.2 Å². The highest BCUT2D eigenvalue weighted by molar-refractivity contribution is 7.92. The lowest BCUT2D eigenvalue weighted by Gasteiger charge is -2.46. The zero-order valence-corrected chi connectivity index (χ0v) is 26.4. The van der Waals surface area contributed by atoms with Crippen LogP contribution in [0.4, 0.5) is 14.5 Å². The third-order valence-corrected chi connectivity index (χ3v) is 9.52. The largest absolute Gasteiger partial charge is 0.419 e. The predicted molar refractivity (Wildman–Crippen MR) is 166 cm³/mol. The van der Waals surface area contributed by atoms with Gasteiger partial charge in [-0.1, -0.05) is 0 Å². The van der Waals surface area contributed by atoms with Gasteiger partial charge < -0.3 is 4.42 Å². The monoisotopic (exact) mass is 636 g/mol. The second-order valence-electron chi connectivity index (χ2n) is 11.8. The Morgan fingerprint density at radius 2 is 1.80 bits per heavy atom. The number of aryl methyl sites for hydroxylation is 1. The van der Waals surface area contributed by atoms with E-state index in [0.29, 0.717) is 70.4 Å². The first-order chi connectivity index (χ1) is 21.4. The first-order valence-electron chi connectivity index (χ1n) is 14.6. The van der Waals surface area contributed by atoms with Crippen LogP contribution in [0.2, 0.25) is 0 Å². The molecule has 0 saturated carbocycles. The Bertz CT molecular complexity index is 1960. The minimum Gasteiger partial charge on any atom is -0.419 e. The Hall–Kier alpha value is -4.27. The van der Waals surface area contributed by atoms with Crippen LogP contribution in [0.5, 0.6) is 0 Å². The SMILES string of the molecule is Cc1ncc(-c2cc(-c3nnc(CN4C[C@@H](C)N(C(C)C)[C@@H](C)C4)o3)c3cn[nH]c3c2)cc1NS(=O)(=O)c1ccc(F)cc1F. The molecule has 2 aromatic carbocycles. The van der Waals surface area contributed by atoms with Gasteiger partial charge in [0.1, 0.15) is 16.5 Å². The standard InChI is InChI=1S/C31H34F2N8O3S/c1-17(2)41-18(3)14-40(15-19(41)4)16-30-37-38-31(44-30)24-8-21(9-28-25(24)13-35-36-28)22-10-27(20(5)34-12-22)39-45(42,43)29-7-6-23(32)11-26(29)33/h6-13,17-19,39H,14-16H2,1-5H3,(H,35,36)/t18-,19+. The van der Waals surface area contributed by atoms with Crippen LogP contribution >= 0.6 is 0 Å². The van der Waals surface area contributed by atoms with Crippen molar-refractivity contribution < 1.29 is 21.6 Å². The van der Waals surface area contributed by atoms with E-state index >= 15 is 0 Å². The summed E-state index contributed by atoms with van der Waals surface area (Å²) in [5.41, 5.74) is 3.11. The second-order valence-corrected chi connectivity index (χ2v) is 13.5. The highest BCUT2D eigenvalue weighted by atomic mass is 32.2. The van der Waals surface area contributed by atoms with Crippen LogP contribution in [0, 0.1) is 18.6 Å². The molecular formula is C31H34F2N8O3S. The summed E-state index contributed by atoms with van der Waals surface area (Å²) in [5.74, 6) is -1.24. The molecule has 0 bridgehead atoms. The van der Waals surface area contributed by atoms with Crippen molar-refractivity contribution in [3.05, 3.63) is 72.0 Å². The average molecular weight is 637 g/mol. The van der Waals surface area contributed by atoms with Gasteiger partial charge in [-0.2, -0.15) is 5.10 Å². The molecule has 6 rings (SSSR count). The van der Waals surface area contributed by atoms with Crippen LogP contribution in [0.1, 0.15) is 39.3 Å². The van der Waals surface area contributed by atoms with Crippen molar-refractivity contribution in [1.82, 2.24) is 35.2 Å². The molecule has 1 saturated heterocycles. The highest BCUT2D eigenvalue weighted by Gasteiger charge is 2.32. The molecule has 236 valence electrons. The van der Waals surface area contributed by atoms with Crippen LogP contribution in [0.3, 0.4) is 0 Å². The van der Waals surface area contributed by atoms with E-state index in [2.05, 4.69) is 67.6 Å². The number of fused-ring (bicyclic) bond motifs is 1. The molecule has 0 amide bonds. The smallest absolute Gasteiger partial charge is 0.264 e. The molecule has 1 aliphatic rings. The normalized spacial score (nSPS) is 18.2. The summed E-state index contributed by atoms with van der Waals surface area (Å²) < 4.78 is 62.3. The van der Waals surface area contributed by atoms with Gasteiger partial charge >= 0.3 is 0 Å². The molecule has 0 unspecified atom stereocenters. The summed E-state index contributed by atoms with van der Waals surface area (Å²) >= 11 is 0. The number of halogens is 2. The van der Waals surface area contributed by atoms with E-state index in [-0.39, 0.29) is 5.69 Å². The maximum absolute atomic E-state index is 14.3. The van der Waals surface area contributed by atoms with Crippen LogP contribution in [-0.2, 0) is 16.6 Å². The number of aromatic nitrogens is 5. The second kappa shape index (κ2) is 11.9. The van der Waals surface area contributed by atoms with E-state index in [1.54, 1.807) is 25.4 Å². The minimum atomic E-state index is -4.37. The molecular weight excluding hydrogens is 602 g/mol. The zero-order valence-electron chi connectivity index (χ0n) is 25.5. The van der Waals surface area contributed by atoms with E-state index in [1.807, 2.05) is 12.1 Å². The molecule has 1 fully saturated rings. The first-order valence-corrected chi connectivity index (χ1v) is 16.1. The maximum Gasteiger partial charge on any atom is 0.264 e. The summed E-state index contributed by atoms with van der Waals surface area (Å²) in [5, 5.41) is 16.6. The van der Waals surface area contributed by atoms with Gasteiger partial charge in [0.25, 0.3) is 10.0 Å². The Labute approximate surface area is 259 Å². The van der Waals surface area contributed by atoms with Crippen molar-refractivity contribution in [3.8, 4) is 22.6 Å². The molecule has 2 N–H and O–H groups in total. The number of pyridine rings is 1. The molecule has 1 aliphatic heterocycles. The average Bonchev–Trinajstić information content (AvgIpc) is 3.62. The van der Waals surface area contributed by atoms with Crippen molar-refractivity contribution in [2.24, 2.45) is 0 Å². The van der Waals surface area contributed by atoms with Crippen molar-refractivity contribution in [3.63, 3.8) is 0 Å². The van der Waals surface area contributed by atoms with Gasteiger partial charge in [0.15, 0.2) is 0 Å². The fourth-order valence-corrected chi connectivity index (χ4v) is 7.46. The summed E-state index contributed by atoms with van der Waals surface area (Å²) in [6, 6.07) is 8.84. The fraction of sp³-hybridized carbons (Fsp3) is 0.355. The molecule has 2 atom stereocenters. The van der Waals surface area contributed by atoms with Crippen LogP contribution in [-0.4, -0.2) is 74.8 Å². The number of nitrogens with zero attached hydrogens (tertiary/aromatic N) is 6. The van der Waals surface area contributed by atoms with Gasteiger partial charge in [0.05, 0.1) is 35.2 Å². The number of H-pyrrole nitrogens is 1. The maximum atomic E-state index is 14.3. The molecule has 4 heterocycles. The number of sulfonamides is 1. The zero-order chi connectivity index (χ0) is 32.0. The summed E-state index contributed by atoms with van der Waals surface area (Å²) in [7, 11) is -4.37. The van der Waals surface area contributed by atoms with Crippen LogP contribution in [0.25, 0.3) is 33.5 Å². The first kappa shape index (κ1) is 30.7. The summed E-state index contributed by atoms with van der Waals surface area (Å²) in [6.07, 6.45) is 3.28. The topological polar surface area (TPSA) is 133 Å². The lowest BCUT2D eigenvalue weighted by molar-refractivity contribution is 0.0102. The molecule has 14 heteroatoms. The number of hydrogen-bond donors (Lipinski definition) is 2. The number of aromatic amines is 1.